The van der Waals surface area contributed by atoms with E-state index in [2.05, 4.69) is 22.1 Å². The van der Waals surface area contributed by atoms with Crippen molar-refractivity contribution >= 4 is 5.69 Å². The second kappa shape index (κ2) is 6.57. The Balaban J connectivity index is 3.11. The van der Waals surface area contributed by atoms with Gasteiger partial charge in [-0.05, 0) is 14.0 Å². The Kier molecular flexibility index (Phi) is 5.08. The molecule has 1 aromatic heterocycles. The third-order valence-corrected chi connectivity index (χ3v) is 2.37. The minimum absolute atomic E-state index is 0.0123. The highest BCUT2D eigenvalue weighted by molar-refractivity contribution is 5.55. The van der Waals surface area contributed by atoms with Crippen LogP contribution in [0.2, 0.25) is 0 Å². The third-order valence-electron chi connectivity index (χ3n) is 2.37. The van der Waals surface area contributed by atoms with Crippen molar-refractivity contribution in [3.05, 3.63) is 27.4 Å². The van der Waals surface area contributed by atoms with E-state index in [1.54, 1.807) is 6.92 Å². The van der Waals surface area contributed by atoms with Crippen LogP contribution in [0, 0.1) is 28.9 Å². The fraction of sp³-hybridized carbons (Fsp3) is 0.417. The number of nitrogens with zero attached hydrogens (tertiary/aromatic N) is 2. The fourth-order valence-electron chi connectivity index (χ4n) is 1.40. The van der Waals surface area contributed by atoms with E-state index >= 15 is 0 Å². The van der Waals surface area contributed by atoms with E-state index in [1.807, 2.05) is 7.05 Å². The molecule has 0 aliphatic heterocycles. The second-order valence-corrected chi connectivity index (χ2v) is 3.57. The molecule has 0 fully saturated rings. The van der Waals surface area contributed by atoms with Crippen LogP contribution in [0.15, 0.2) is 6.20 Å². The van der Waals surface area contributed by atoms with E-state index in [0.29, 0.717) is 17.5 Å². The molecule has 1 rings (SSSR count). The minimum Gasteiger partial charge on any atom is -0.476 e. The Labute approximate surface area is 106 Å². The van der Waals surface area contributed by atoms with Crippen molar-refractivity contribution in [2.75, 3.05) is 20.7 Å². The van der Waals surface area contributed by atoms with Crippen molar-refractivity contribution in [2.45, 2.75) is 13.3 Å². The molecule has 1 heterocycles. The number of hydrogen-bond donors (Lipinski definition) is 1. The smallest absolute Gasteiger partial charge is 0.335 e. The molecular weight excluding hydrogens is 234 g/mol. The Morgan fingerprint density at radius 1 is 1.61 bits per heavy atom. The van der Waals surface area contributed by atoms with Gasteiger partial charge in [0.05, 0.1) is 17.6 Å². The number of aromatic nitrogens is 1. The molecule has 1 N–H and O–H groups in total. The van der Waals surface area contributed by atoms with Gasteiger partial charge in [-0.1, -0.05) is 11.8 Å². The van der Waals surface area contributed by atoms with Gasteiger partial charge in [0.15, 0.2) is 0 Å². The number of methoxy groups -OCH3 is 1. The Morgan fingerprint density at radius 2 is 2.33 bits per heavy atom. The summed E-state index contributed by atoms with van der Waals surface area (Å²) < 4.78 is 4.87. The summed E-state index contributed by atoms with van der Waals surface area (Å²) in [6, 6.07) is 0. The number of nitro groups is 1. The lowest BCUT2D eigenvalue weighted by Gasteiger charge is -2.04. The van der Waals surface area contributed by atoms with E-state index in [-0.39, 0.29) is 11.6 Å². The molecule has 0 bridgehead atoms. The number of rotatable bonds is 4. The third kappa shape index (κ3) is 3.18. The topological polar surface area (TPSA) is 77.3 Å². The Bertz CT molecular complexity index is 503. The number of pyridine rings is 1. The van der Waals surface area contributed by atoms with Gasteiger partial charge in [-0.2, -0.15) is 0 Å². The summed E-state index contributed by atoms with van der Waals surface area (Å²) in [5.41, 5.74) is 0.903. The first-order valence-electron chi connectivity index (χ1n) is 5.43. The number of nitrogens with one attached hydrogen (secondary N) is 1. The monoisotopic (exact) mass is 249 g/mol. The van der Waals surface area contributed by atoms with Crippen molar-refractivity contribution in [3.8, 4) is 17.7 Å². The molecule has 18 heavy (non-hydrogen) atoms. The zero-order chi connectivity index (χ0) is 13.5. The van der Waals surface area contributed by atoms with E-state index < -0.39 is 4.92 Å². The standard InChI is InChI=1S/C12H15N3O3/c1-9-10(6-4-5-7-13-2)8-14-12(18-3)11(9)15(16)17/h8,13H,5,7H2,1-3H3. The summed E-state index contributed by atoms with van der Waals surface area (Å²) in [5, 5.41) is 13.9. The van der Waals surface area contributed by atoms with Gasteiger partial charge in [0, 0.05) is 24.7 Å². The molecule has 0 saturated heterocycles. The van der Waals surface area contributed by atoms with Crippen LogP contribution in [0.5, 0.6) is 5.88 Å². The zero-order valence-electron chi connectivity index (χ0n) is 10.6. The van der Waals surface area contributed by atoms with Gasteiger partial charge in [-0.15, -0.1) is 0 Å². The predicted octanol–water partition coefficient (Wildman–Crippen LogP) is 1.27. The molecule has 0 aromatic carbocycles. The van der Waals surface area contributed by atoms with Gasteiger partial charge in [-0.25, -0.2) is 4.98 Å². The summed E-state index contributed by atoms with van der Waals surface area (Å²) >= 11 is 0. The summed E-state index contributed by atoms with van der Waals surface area (Å²) in [6.45, 7) is 2.42. The van der Waals surface area contributed by atoms with Crippen LogP contribution >= 0.6 is 0 Å². The summed E-state index contributed by atoms with van der Waals surface area (Å²) in [7, 11) is 3.19. The molecule has 6 nitrogen and oxygen atoms in total. The average molecular weight is 249 g/mol. The second-order valence-electron chi connectivity index (χ2n) is 3.57. The highest BCUT2D eigenvalue weighted by atomic mass is 16.6. The maximum Gasteiger partial charge on any atom is 0.335 e. The van der Waals surface area contributed by atoms with Gasteiger partial charge in [-0.3, -0.25) is 10.1 Å². The molecule has 0 aliphatic carbocycles. The lowest BCUT2D eigenvalue weighted by Crippen LogP contribution is -2.06. The first-order valence-corrected chi connectivity index (χ1v) is 5.43. The maximum absolute atomic E-state index is 11.0. The van der Waals surface area contributed by atoms with Crippen LogP contribution in [0.3, 0.4) is 0 Å². The van der Waals surface area contributed by atoms with Crippen molar-refractivity contribution in [1.29, 1.82) is 0 Å². The van der Waals surface area contributed by atoms with E-state index in [4.69, 9.17) is 4.74 Å². The molecule has 0 unspecified atom stereocenters. The van der Waals surface area contributed by atoms with Crippen LogP contribution in [0.1, 0.15) is 17.5 Å². The molecule has 1 aromatic rings. The Morgan fingerprint density at radius 3 is 2.89 bits per heavy atom. The first kappa shape index (κ1) is 13.9. The molecule has 0 aliphatic rings. The summed E-state index contributed by atoms with van der Waals surface area (Å²) in [6.07, 6.45) is 2.17. The fourth-order valence-corrected chi connectivity index (χ4v) is 1.40. The largest absolute Gasteiger partial charge is 0.476 e. The quantitative estimate of drug-likeness (QED) is 0.376. The number of hydrogen-bond acceptors (Lipinski definition) is 5. The first-order chi connectivity index (χ1) is 8.61. The SMILES string of the molecule is CNCCC#Cc1cnc(OC)c([N+](=O)[O-])c1C. The highest BCUT2D eigenvalue weighted by Crippen LogP contribution is 2.29. The van der Waals surface area contributed by atoms with Gasteiger partial charge in [0.1, 0.15) is 0 Å². The van der Waals surface area contributed by atoms with Crippen LogP contribution in [0.25, 0.3) is 0 Å². The molecule has 0 atom stereocenters. The van der Waals surface area contributed by atoms with Crippen molar-refractivity contribution in [3.63, 3.8) is 0 Å². The van der Waals surface area contributed by atoms with Crippen molar-refractivity contribution < 1.29 is 9.66 Å². The normalized spacial score (nSPS) is 9.50. The summed E-state index contributed by atoms with van der Waals surface area (Å²) in [4.78, 5) is 14.4. The van der Waals surface area contributed by atoms with Crippen molar-refractivity contribution in [2.24, 2.45) is 0 Å². The molecule has 0 radical (unpaired) electrons. The average Bonchev–Trinajstić information content (AvgIpc) is 2.35. The molecule has 6 heteroatoms. The van der Waals surface area contributed by atoms with Gasteiger partial charge in [0.25, 0.3) is 5.88 Å². The molecular formula is C12H15N3O3. The van der Waals surface area contributed by atoms with Crippen LogP contribution in [-0.2, 0) is 0 Å². The van der Waals surface area contributed by atoms with Crippen LogP contribution < -0.4 is 10.1 Å². The minimum atomic E-state index is -0.500. The highest BCUT2D eigenvalue weighted by Gasteiger charge is 2.21. The van der Waals surface area contributed by atoms with Gasteiger partial charge in [0.2, 0.25) is 0 Å². The van der Waals surface area contributed by atoms with Crippen molar-refractivity contribution in [1.82, 2.24) is 10.3 Å². The summed E-state index contributed by atoms with van der Waals surface area (Å²) in [5.74, 6) is 5.83. The lowest BCUT2D eigenvalue weighted by atomic mass is 10.1. The number of ether oxygens (including phenoxy) is 1. The maximum atomic E-state index is 11.0. The molecule has 0 amide bonds. The molecule has 0 saturated carbocycles. The Hall–Kier alpha value is -2.13. The van der Waals surface area contributed by atoms with E-state index in [1.165, 1.54) is 13.3 Å². The predicted molar refractivity (Wildman–Crippen MR) is 67.6 cm³/mol. The lowest BCUT2D eigenvalue weighted by molar-refractivity contribution is -0.386. The van der Waals surface area contributed by atoms with Crippen LogP contribution in [-0.4, -0.2) is 30.6 Å². The molecule has 96 valence electrons. The van der Waals surface area contributed by atoms with Crippen LogP contribution in [0.4, 0.5) is 5.69 Å². The van der Waals surface area contributed by atoms with Gasteiger partial charge >= 0.3 is 5.69 Å². The molecule has 0 spiro atoms. The van der Waals surface area contributed by atoms with E-state index in [9.17, 15) is 10.1 Å². The van der Waals surface area contributed by atoms with Gasteiger partial charge < -0.3 is 10.1 Å². The van der Waals surface area contributed by atoms with E-state index in [0.717, 1.165) is 6.54 Å². The zero-order valence-corrected chi connectivity index (χ0v) is 10.6.